The van der Waals surface area contributed by atoms with Gasteiger partial charge in [0.2, 0.25) is 0 Å². The summed E-state index contributed by atoms with van der Waals surface area (Å²) in [6.45, 7) is 8.01. The molecule has 0 spiro atoms. The van der Waals surface area contributed by atoms with E-state index >= 15 is 0 Å². The number of aromatic nitrogens is 1. The van der Waals surface area contributed by atoms with Crippen molar-refractivity contribution in [2.45, 2.75) is 39.5 Å². The van der Waals surface area contributed by atoms with Crippen LogP contribution in [0.15, 0.2) is 34.8 Å². The average Bonchev–Trinajstić information content (AvgIpc) is 2.91. The summed E-state index contributed by atoms with van der Waals surface area (Å²) in [6, 6.07) is 7.72. The average molecular weight is 360 g/mol. The largest absolute Gasteiger partial charge is 0.384 e. The summed E-state index contributed by atoms with van der Waals surface area (Å²) in [5.74, 6) is 0.00980. The standard InChI is InChI=1S/C18H24N4O2S/c1-12-11-25-17(20-12)9-15(19)22-24-10-16(23)21-14-8-6-5-7-13(14)18(2,3)4/h5-8,11H,9-10H2,1-4H3,(H2,19,22)(H,21,23). The normalized spacial score (nSPS) is 12.1. The molecule has 7 heteroatoms. The van der Waals surface area contributed by atoms with Crippen LogP contribution in [0.2, 0.25) is 0 Å². The minimum absolute atomic E-state index is 0.0703. The number of oxime groups is 1. The van der Waals surface area contributed by atoms with Crippen LogP contribution < -0.4 is 11.1 Å². The zero-order valence-corrected chi connectivity index (χ0v) is 15.8. The second-order valence-corrected chi connectivity index (χ2v) is 7.70. The Morgan fingerprint density at radius 2 is 2.08 bits per heavy atom. The summed E-state index contributed by atoms with van der Waals surface area (Å²) in [5, 5.41) is 9.46. The second kappa shape index (κ2) is 8.11. The molecule has 25 heavy (non-hydrogen) atoms. The number of amides is 1. The molecular formula is C18H24N4O2S. The Morgan fingerprint density at radius 1 is 1.36 bits per heavy atom. The van der Waals surface area contributed by atoms with Crippen molar-refractivity contribution in [1.29, 1.82) is 0 Å². The van der Waals surface area contributed by atoms with Crippen LogP contribution in [0, 0.1) is 6.92 Å². The van der Waals surface area contributed by atoms with Gasteiger partial charge in [0.1, 0.15) is 10.8 Å². The number of nitrogens with zero attached hydrogens (tertiary/aromatic N) is 2. The highest BCUT2D eigenvalue weighted by atomic mass is 32.1. The number of carbonyl (C=O) groups excluding carboxylic acids is 1. The van der Waals surface area contributed by atoms with E-state index in [0.717, 1.165) is 22.0 Å². The van der Waals surface area contributed by atoms with Gasteiger partial charge in [-0.1, -0.05) is 44.1 Å². The monoisotopic (exact) mass is 360 g/mol. The lowest BCUT2D eigenvalue weighted by molar-refractivity contribution is -0.120. The molecule has 134 valence electrons. The number of para-hydroxylation sites is 1. The maximum atomic E-state index is 12.1. The van der Waals surface area contributed by atoms with Crippen LogP contribution in [0.25, 0.3) is 0 Å². The Bertz CT molecular complexity index is 762. The number of hydrogen-bond donors (Lipinski definition) is 2. The third-order valence-electron chi connectivity index (χ3n) is 3.39. The first-order valence-electron chi connectivity index (χ1n) is 8.00. The zero-order chi connectivity index (χ0) is 18.4. The van der Waals surface area contributed by atoms with E-state index in [1.54, 1.807) is 0 Å². The van der Waals surface area contributed by atoms with Gasteiger partial charge in [-0.25, -0.2) is 4.98 Å². The van der Waals surface area contributed by atoms with Gasteiger partial charge in [0.05, 0.1) is 6.42 Å². The van der Waals surface area contributed by atoms with Crippen molar-refractivity contribution in [3.63, 3.8) is 0 Å². The van der Waals surface area contributed by atoms with Gasteiger partial charge in [-0.15, -0.1) is 11.3 Å². The lowest BCUT2D eigenvalue weighted by Gasteiger charge is -2.22. The molecule has 3 N–H and O–H groups in total. The first kappa shape index (κ1) is 18.9. The van der Waals surface area contributed by atoms with Crippen LogP contribution in [0.1, 0.15) is 37.0 Å². The summed E-state index contributed by atoms with van der Waals surface area (Å²) >= 11 is 1.52. The highest BCUT2D eigenvalue weighted by molar-refractivity contribution is 7.09. The molecular weight excluding hydrogens is 336 g/mol. The van der Waals surface area contributed by atoms with Gasteiger partial charge in [-0.2, -0.15) is 0 Å². The van der Waals surface area contributed by atoms with Crippen LogP contribution in [0.3, 0.4) is 0 Å². The van der Waals surface area contributed by atoms with Gasteiger partial charge < -0.3 is 15.9 Å². The molecule has 0 bridgehead atoms. The highest BCUT2D eigenvalue weighted by Gasteiger charge is 2.18. The van der Waals surface area contributed by atoms with E-state index in [9.17, 15) is 4.79 Å². The van der Waals surface area contributed by atoms with Crippen molar-refractivity contribution in [2.24, 2.45) is 10.9 Å². The molecule has 0 fully saturated rings. The molecule has 1 heterocycles. The topological polar surface area (TPSA) is 89.6 Å². The summed E-state index contributed by atoms with van der Waals surface area (Å²) in [7, 11) is 0. The first-order chi connectivity index (χ1) is 11.8. The van der Waals surface area contributed by atoms with Gasteiger partial charge in [0.25, 0.3) is 5.91 Å². The molecule has 2 aromatic rings. The predicted octanol–water partition coefficient (Wildman–Crippen LogP) is 3.22. The predicted molar refractivity (Wildman–Crippen MR) is 102 cm³/mol. The molecule has 1 aromatic heterocycles. The number of thiazole rings is 1. The number of benzene rings is 1. The van der Waals surface area contributed by atoms with Crippen molar-refractivity contribution in [3.05, 3.63) is 45.9 Å². The number of amidine groups is 1. The smallest absolute Gasteiger partial charge is 0.265 e. The zero-order valence-electron chi connectivity index (χ0n) is 15.0. The highest BCUT2D eigenvalue weighted by Crippen LogP contribution is 2.29. The molecule has 0 saturated heterocycles. The number of hydrogen-bond acceptors (Lipinski definition) is 5. The molecule has 2 rings (SSSR count). The molecule has 1 aromatic carbocycles. The van der Waals surface area contributed by atoms with Crippen molar-refractivity contribution in [1.82, 2.24) is 4.98 Å². The van der Waals surface area contributed by atoms with Gasteiger partial charge >= 0.3 is 0 Å². The summed E-state index contributed by atoms with van der Waals surface area (Å²) in [4.78, 5) is 21.4. The van der Waals surface area contributed by atoms with Crippen LogP contribution in [-0.4, -0.2) is 23.3 Å². The fourth-order valence-corrected chi connectivity index (χ4v) is 3.06. The number of rotatable bonds is 6. The Balaban J connectivity index is 1.88. The molecule has 0 aliphatic heterocycles. The fourth-order valence-electron chi connectivity index (χ4n) is 2.28. The van der Waals surface area contributed by atoms with E-state index in [0.29, 0.717) is 6.42 Å². The van der Waals surface area contributed by atoms with Crippen molar-refractivity contribution < 1.29 is 9.63 Å². The van der Waals surface area contributed by atoms with Crippen LogP contribution in [0.5, 0.6) is 0 Å². The molecule has 0 unspecified atom stereocenters. The number of aryl methyl sites for hydroxylation is 1. The minimum atomic E-state index is -0.279. The third kappa shape index (κ3) is 5.86. The van der Waals surface area contributed by atoms with E-state index < -0.39 is 0 Å². The van der Waals surface area contributed by atoms with E-state index in [2.05, 4.69) is 36.2 Å². The summed E-state index contributed by atoms with van der Waals surface area (Å²) in [6.07, 6.45) is 0.410. The Kier molecular flexibility index (Phi) is 6.14. The lowest BCUT2D eigenvalue weighted by Crippen LogP contribution is -2.22. The maximum absolute atomic E-state index is 12.1. The number of nitrogens with one attached hydrogen (secondary N) is 1. The molecule has 0 aliphatic carbocycles. The quantitative estimate of drug-likeness (QED) is 0.470. The SMILES string of the molecule is Cc1csc(CC(N)=NOCC(=O)Nc2ccccc2C(C)(C)C)n1. The molecule has 0 saturated carbocycles. The van der Waals surface area contributed by atoms with E-state index in [1.165, 1.54) is 11.3 Å². The number of nitrogens with two attached hydrogens (primary N) is 1. The van der Waals surface area contributed by atoms with Gasteiger partial charge in [0, 0.05) is 16.8 Å². The van der Waals surface area contributed by atoms with Gasteiger partial charge in [0.15, 0.2) is 6.61 Å². The summed E-state index contributed by atoms with van der Waals surface area (Å²) in [5.41, 5.74) is 8.51. The number of anilines is 1. The molecule has 1 amide bonds. The number of carbonyl (C=O) groups is 1. The van der Waals surface area contributed by atoms with E-state index in [-0.39, 0.29) is 23.8 Å². The molecule has 0 atom stereocenters. The van der Waals surface area contributed by atoms with Crippen LogP contribution in [0.4, 0.5) is 5.69 Å². The van der Waals surface area contributed by atoms with E-state index in [4.69, 9.17) is 10.6 Å². The molecule has 0 aliphatic rings. The minimum Gasteiger partial charge on any atom is -0.384 e. The van der Waals surface area contributed by atoms with Crippen LogP contribution in [-0.2, 0) is 21.5 Å². The molecule has 0 radical (unpaired) electrons. The summed E-state index contributed by atoms with van der Waals surface area (Å²) < 4.78 is 0. The fraction of sp³-hybridized carbons (Fsp3) is 0.389. The van der Waals surface area contributed by atoms with Crippen LogP contribution >= 0.6 is 11.3 Å². The lowest BCUT2D eigenvalue weighted by atomic mass is 9.86. The Morgan fingerprint density at radius 3 is 2.72 bits per heavy atom. The Hall–Kier alpha value is -2.41. The maximum Gasteiger partial charge on any atom is 0.265 e. The Labute approximate surface area is 152 Å². The second-order valence-electron chi connectivity index (χ2n) is 6.76. The molecule has 6 nitrogen and oxygen atoms in total. The van der Waals surface area contributed by atoms with Gasteiger partial charge in [-0.05, 0) is 24.0 Å². The van der Waals surface area contributed by atoms with Crippen molar-refractivity contribution >= 4 is 28.8 Å². The van der Waals surface area contributed by atoms with Crippen molar-refractivity contribution in [3.8, 4) is 0 Å². The van der Waals surface area contributed by atoms with E-state index in [1.807, 2.05) is 36.6 Å². The first-order valence-corrected chi connectivity index (χ1v) is 8.88. The third-order valence-corrected chi connectivity index (χ3v) is 4.35. The van der Waals surface area contributed by atoms with Crippen molar-refractivity contribution in [2.75, 3.05) is 11.9 Å². The van der Waals surface area contributed by atoms with Gasteiger partial charge in [-0.3, -0.25) is 4.79 Å².